The second-order valence-electron chi connectivity index (χ2n) is 4.84. The lowest BCUT2D eigenvalue weighted by molar-refractivity contribution is 0.103. The van der Waals surface area contributed by atoms with E-state index in [0.29, 0.717) is 0 Å². The molecule has 1 saturated heterocycles. The maximum Gasteiger partial charge on any atom is 0.193 e. The average Bonchev–Trinajstić information content (AvgIpc) is 2.56. The largest absolute Gasteiger partial charge is 0.378 e. The lowest BCUT2D eigenvalue weighted by atomic mass is 10.0. The Hall–Kier alpha value is -2.13. The number of ether oxygens (including phenoxy) is 1. The normalized spacial score (nSPS) is 15.1. The molecule has 1 aliphatic heterocycles. The summed E-state index contributed by atoms with van der Waals surface area (Å²) in [6.45, 7) is 3.35. The molecule has 0 N–H and O–H groups in total. The van der Waals surface area contributed by atoms with Crippen LogP contribution in [0.25, 0.3) is 0 Å². The van der Waals surface area contributed by atoms with Gasteiger partial charge in [-0.3, -0.25) is 4.79 Å². The zero-order valence-electron chi connectivity index (χ0n) is 11.3. The maximum atomic E-state index is 12.3. The fraction of sp³-hybridized carbons (Fsp3) is 0.235. The summed E-state index contributed by atoms with van der Waals surface area (Å²) < 4.78 is 5.35. The lowest BCUT2D eigenvalue weighted by Gasteiger charge is -2.28. The molecule has 2 aromatic carbocycles. The fourth-order valence-electron chi connectivity index (χ4n) is 2.40. The quantitative estimate of drug-likeness (QED) is 0.801. The van der Waals surface area contributed by atoms with Crippen molar-refractivity contribution in [1.82, 2.24) is 0 Å². The van der Waals surface area contributed by atoms with Gasteiger partial charge in [0.15, 0.2) is 5.78 Å². The topological polar surface area (TPSA) is 29.5 Å². The molecule has 0 atom stereocenters. The van der Waals surface area contributed by atoms with E-state index in [4.69, 9.17) is 4.74 Å². The van der Waals surface area contributed by atoms with Crippen LogP contribution in [0.2, 0.25) is 0 Å². The first kappa shape index (κ1) is 12.9. The third-order valence-electron chi connectivity index (χ3n) is 3.54. The van der Waals surface area contributed by atoms with Crippen molar-refractivity contribution < 1.29 is 9.53 Å². The van der Waals surface area contributed by atoms with Crippen LogP contribution in [0.15, 0.2) is 54.6 Å². The number of morpholine rings is 1. The molecular formula is C17H17NO2. The Bertz CT molecular complexity index is 572. The van der Waals surface area contributed by atoms with Crippen LogP contribution in [0.4, 0.5) is 5.69 Å². The molecule has 102 valence electrons. The average molecular weight is 267 g/mol. The third-order valence-corrected chi connectivity index (χ3v) is 3.54. The van der Waals surface area contributed by atoms with Crippen LogP contribution >= 0.6 is 0 Å². The van der Waals surface area contributed by atoms with Crippen molar-refractivity contribution >= 4 is 11.5 Å². The van der Waals surface area contributed by atoms with Crippen LogP contribution in [0.1, 0.15) is 15.9 Å². The molecule has 1 heterocycles. The van der Waals surface area contributed by atoms with Crippen molar-refractivity contribution in [3.05, 3.63) is 65.7 Å². The number of rotatable bonds is 3. The van der Waals surface area contributed by atoms with E-state index in [9.17, 15) is 4.79 Å². The minimum atomic E-state index is 0.0686. The molecule has 20 heavy (non-hydrogen) atoms. The molecule has 0 radical (unpaired) electrons. The summed E-state index contributed by atoms with van der Waals surface area (Å²) in [7, 11) is 0. The number of benzene rings is 2. The van der Waals surface area contributed by atoms with Gasteiger partial charge in [-0.2, -0.15) is 0 Å². The summed E-state index contributed by atoms with van der Waals surface area (Å²) in [5, 5.41) is 0. The van der Waals surface area contributed by atoms with Crippen molar-refractivity contribution in [2.45, 2.75) is 0 Å². The molecule has 3 rings (SSSR count). The van der Waals surface area contributed by atoms with Crippen LogP contribution in [-0.2, 0) is 4.74 Å². The van der Waals surface area contributed by atoms with E-state index in [1.54, 1.807) is 0 Å². The van der Waals surface area contributed by atoms with Gasteiger partial charge in [-0.1, -0.05) is 30.3 Å². The van der Waals surface area contributed by atoms with E-state index in [1.807, 2.05) is 54.6 Å². The monoisotopic (exact) mass is 267 g/mol. The molecule has 0 bridgehead atoms. The van der Waals surface area contributed by atoms with Gasteiger partial charge in [0.25, 0.3) is 0 Å². The van der Waals surface area contributed by atoms with E-state index < -0.39 is 0 Å². The first-order chi connectivity index (χ1) is 9.84. The molecular weight excluding hydrogens is 250 g/mol. The maximum absolute atomic E-state index is 12.3. The number of ketones is 1. The standard InChI is InChI=1S/C17H17NO2/c19-17(14-4-2-1-3-5-14)15-6-8-16(9-7-15)18-10-12-20-13-11-18/h1-9H,10-13H2. The first-order valence-corrected chi connectivity index (χ1v) is 6.87. The van der Waals surface area contributed by atoms with Crippen molar-refractivity contribution in [1.29, 1.82) is 0 Å². The number of hydrogen-bond acceptors (Lipinski definition) is 3. The second kappa shape index (κ2) is 5.88. The van der Waals surface area contributed by atoms with Gasteiger partial charge in [0, 0.05) is 29.9 Å². The molecule has 0 saturated carbocycles. The third kappa shape index (κ3) is 2.73. The number of nitrogens with zero attached hydrogens (tertiary/aromatic N) is 1. The summed E-state index contributed by atoms with van der Waals surface area (Å²) in [6.07, 6.45) is 0. The van der Waals surface area contributed by atoms with Crippen molar-refractivity contribution in [3.63, 3.8) is 0 Å². The van der Waals surface area contributed by atoms with Crippen LogP contribution in [0, 0.1) is 0 Å². The van der Waals surface area contributed by atoms with Crippen molar-refractivity contribution in [3.8, 4) is 0 Å². The van der Waals surface area contributed by atoms with Crippen LogP contribution in [0.5, 0.6) is 0 Å². The SMILES string of the molecule is O=C(c1ccccc1)c1ccc(N2CCOCC2)cc1. The molecule has 0 amide bonds. The van der Waals surface area contributed by atoms with Crippen LogP contribution in [-0.4, -0.2) is 32.1 Å². The van der Waals surface area contributed by atoms with Gasteiger partial charge < -0.3 is 9.64 Å². The first-order valence-electron chi connectivity index (χ1n) is 6.87. The van der Waals surface area contributed by atoms with Gasteiger partial charge in [-0.15, -0.1) is 0 Å². The molecule has 0 unspecified atom stereocenters. The number of anilines is 1. The minimum Gasteiger partial charge on any atom is -0.378 e. The Kier molecular flexibility index (Phi) is 3.79. The van der Waals surface area contributed by atoms with Gasteiger partial charge in [0.2, 0.25) is 0 Å². The highest BCUT2D eigenvalue weighted by molar-refractivity contribution is 6.09. The van der Waals surface area contributed by atoms with Crippen LogP contribution < -0.4 is 4.90 Å². The Morgan fingerprint density at radius 2 is 1.45 bits per heavy atom. The van der Waals surface area contributed by atoms with Gasteiger partial charge >= 0.3 is 0 Å². The van der Waals surface area contributed by atoms with E-state index in [1.165, 1.54) is 0 Å². The highest BCUT2D eigenvalue weighted by Crippen LogP contribution is 2.18. The summed E-state index contributed by atoms with van der Waals surface area (Å²) >= 11 is 0. The zero-order valence-corrected chi connectivity index (χ0v) is 11.3. The van der Waals surface area contributed by atoms with Crippen molar-refractivity contribution in [2.24, 2.45) is 0 Å². The highest BCUT2D eigenvalue weighted by Gasteiger charge is 2.12. The lowest BCUT2D eigenvalue weighted by Crippen LogP contribution is -2.36. The predicted molar refractivity (Wildman–Crippen MR) is 79.3 cm³/mol. The van der Waals surface area contributed by atoms with E-state index in [0.717, 1.165) is 43.1 Å². The number of carbonyl (C=O) groups excluding carboxylic acids is 1. The molecule has 0 aromatic heterocycles. The molecule has 0 spiro atoms. The van der Waals surface area contributed by atoms with E-state index >= 15 is 0 Å². The fourth-order valence-corrected chi connectivity index (χ4v) is 2.40. The molecule has 0 aliphatic carbocycles. The van der Waals surface area contributed by atoms with Crippen molar-refractivity contribution in [2.75, 3.05) is 31.2 Å². The Morgan fingerprint density at radius 1 is 0.850 bits per heavy atom. The summed E-state index contributed by atoms with van der Waals surface area (Å²) in [5.41, 5.74) is 2.61. The van der Waals surface area contributed by atoms with E-state index in [2.05, 4.69) is 4.90 Å². The van der Waals surface area contributed by atoms with E-state index in [-0.39, 0.29) is 5.78 Å². The summed E-state index contributed by atoms with van der Waals surface area (Å²) in [6, 6.07) is 17.2. The molecule has 3 nitrogen and oxygen atoms in total. The van der Waals surface area contributed by atoms with Gasteiger partial charge in [0.05, 0.1) is 13.2 Å². The Morgan fingerprint density at radius 3 is 2.10 bits per heavy atom. The smallest absolute Gasteiger partial charge is 0.193 e. The Labute approximate surface area is 118 Å². The minimum absolute atomic E-state index is 0.0686. The predicted octanol–water partition coefficient (Wildman–Crippen LogP) is 2.75. The summed E-state index contributed by atoms with van der Waals surface area (Å²) in [5.74, 6) is 0.0686. The highest BCUT2D eigenvalue weighted by atomic mass is 16.5. The van der Waals surface area contributed by atoms with Gasteiger partial charge in [-0.25, -0.2) is 0 Å². The second-order valence-corrected chi connectivity index (χ2v) is 4.84. The zero-order chi connectivity index (χ0) is 13.8. The van der Waals surface area contributed by atoms with Gasteiger partial charge in [0.1, 0.15) is 0 Å². The molecule has 2 aromatic rings. The Balaban J connectivity index is 1.77. The molecule has 3 heteroatoms. The van der Waals surface area contributed by atoms with Crippen LogP contribution in [0.3, 0.4) is 0 Å². The number of hydrogen-bond donors (Lipinski definition) is 0. The van der Waals surface area contributed by atoms with Gasteiger partial charge in [-0.05, 0) is 24.3 Å². The number of carbonyl (C=O) groups is 1. The molecule has 1 fully saturated rings. The molecule has 1 aliphatic rings. The summed E-state index contributed by atoms with van der Waals surface area (Å²) in [4.78, 5) is 14.6.